The Hall–Kier alpha value is -3.68. The van der Waals surface area contributed by atoms with Crippen molar-refractivity contribution in [1.29, 1.82) is 10.5 Å². The number of rotatable bonds is 3. The summed E-state index contributed by atoms with van der Waals surface area (Å²) in [5.74, 6) is 7.05. The Kier molecular flexibility index (Phi) is 4.93. The van der Waals surface area contributed by atoms with E-state index in [0.717, 1.165) is 27.8 Å². The number of hydrogen-bond donors (Lipinski definition) is 0. The van der Waals surface area contributed by atoms with Crippen LogP contribution in [0.2, 0.25) is 0 Å². The van der Waals surface area contributed by atoms with E-state index in [1.165, 1.54) is 0 Å². The molecule has 0 aliphatic rings. The molecule has 1 heterocycles. The lowest BCUT2D eigenvalue weighted by molar-refractivity contribution is 0.415. The molecule has 0 saturated carbocycles. The molecule has 0 atom stereocenters. The first-order valence-corrected chi connectivity index (χ1v) is 8.30. The van der Waals surface area contributed by atoms with Crippen molar-refractivity contribution in [3.63, 3.8) is 0 Å². The Labute approximate surface area is 152 Å². The largest absolute Gasteiger partial charge is 0.497 e. The van der Waals surface area contributed by atoms with Gasteiger partial charge in [-0.05, 0) is 42.7 Å². The topological polar surface area (TPSA) is 61.7 Å². The summed E-state index contributed by atoms with van der Waals surface area (Å²) in [7, 11) is 1.63. The van der Waals surface area contributed by atoms with E-state index in [1.54, 1.807) is 7.11 Å². The highest BCUT2D eigenvalue weighted by atomic mass is 16.5. The van der Waals surface area contributed by atoms with E-state index in [2.05, 4.69) is 24.0 Å². The van der Waals surface area contributed by atoms with Crippen LogP contribution in [-0.2, 0) is 13.0 Å². The van der Waals surface area contributed by atoms with Gasteiger partial charge in [-0.3, -0.25) is 0 Å². The quantitative estimate of drug-likeness (QED) is 0.677. The fourth-order valence-electron chi connectivity index (χ4n) is 2.96. The van der Waals surface area contributed by atoms with Gasteiger partial charge in [-0.2, -0.15) is 10.5 Å². The fourth-order valence-corrected chi connectivity index (χ4v) is 2.96. The number of benzene rings is 2. The van der Waals surface area contributed by atoms with Gasteiger partial charge in [-0.15, -0.1) is 0 Å². The van der Waals surface area contributed by atoms with Crippen molar-refractivity contribution in [3.8, 4) is 29.7 Å². The lowest BCUT2D eigenvalue weighted by Crippen LogP contribution is -1.98. The van der Waals surface area contributed by atoms with Crippen LogP contribution in [0.5, 0.6) is 5.75 Å². The van der Waals surface area contributed by atoms with Crippen LogP contribution in [0.1, 0.15) is 29.3 Å². The molecule has 4 heteroatoms. The van der Waals surface area contributed by atoms with Gasteiger partial charge in [-0.25, -0.2) is 0 Å². The van der Waals surface area contributed by atoms with Gasteiger partial charge >= 0.3 is 0 Å². The second kappa shape index (κ2) is 7.47. The lowest BCUT2D eigenvalue weighted by atomic mass is 10.1. The smallest absolute Gasteiger partial charge is 0.120 e. The molecular weight excluding hydrogens is 322 g/mol. The Morgan fingerprint density at radius 3 is 2.42 bits per heavy atom. The Balaban J connectivity index is 2.11. The molecule has 4 nitrogen and oxygen atoms in total. The molecule has 0 radical (unpaired) electrons. The van der Waals surface area contributed by atoms with Crippen molar-refractivity contribution < 1.29 is 4.74 Å². The summed E-state index contributed by atoms with van der Waals surface area (Å²) in [6, 6.07) is 17.7. The molecule has 0 aliphatic carbocycles. The predicted molar refractivity (Wildman–Crippen MR) is 101 cm³/mol. The summed E-state index contributed by atoms with van der Waals surface area (Å²) in [6.45, 7) is 2.73. The second-order valence-corrected chi connectivity index (χ2v) is 5.74. The van der Waals surface area contributed by atoms with Gasteiger partial charge < -0.3 is 9.30 Å². The zero-order chi connectivity index (χ0) is 18.5. The maximum absolute atomic E-state index is 9.65. The third-order valence-corrected chi connectivity index (χ3v) is 4.26. The first-order valence-electron chi connectivity index (χ1n) is 8.30. The third kappa shape index (κ3) is 3.12. The van der Waals surface area contributed by atoms with Crippen LogP contribution in [0.25, 0.3) is 10.9 Å². The average Bonchev–Trinajstić information content (AvgIpc) is 2.99. The molecule has 0 bridgehead atoms. The normalized spacial score (nSPS) is 9.85. The Morgan fingerprint density at radius 1 is 1.04 bits per heavy atom. The molecule has 1 aromatic heterocycles. The highest BCUT2D eigenvalue weighted by molar-refractivity contribution is 5.90. The van der Waals surface area contributed by atoms with E-state index >= 15 is 0 Å². The fraction of sp³-hybridized carbons (Fsp3) is 0.182. The van der Waals surface area contributed by atoms with Crippen LogP contribution in [-0.4, -0.2) is 11.7 Å². The number of fused-ring (bicyclic) bond motifs is 1. The molecule has 0 saturated heterocycles. The van der Waals surface area contributed by atoms with Crippen molar-refractivity contribution >= 4 is 10.9 Å². The number of methoxy groups -OCH3 is 1. The molecule has 0 amide bonds. The highest BCUT2D eigenvalue weighted by Crippen LogP contribution is 2.28. The minimum atomic E-state index is 0.387. The summed E-state index contributed by atoms with van der Waals surface area (Å²) < 4.78 is 7.34. The van der Waals surface area contributed by atoms with Crippen LogP contribution < -0.4 is 4.74 Å². The molecule has 26 heavy (non-hydrogen) atoms. The Bertz CT molecular complexity index is 1100. The van der Waals surface area contributed by atoms with Crippen LogP contribution in [0.3, 0.4) is 0 Å². The number of aryl methyl sites for hydroxylation is 1. The van der Waals surface area contributed by atoms with Gasteiger partial charge in [0.05, 0.1) is 30.7 Å². The molecule has 0 unspecified atom stereocenters. The zero-order valence-electron chi connectivity index (χ0n) is 14.7. The van der Waals surface area contributed by atoms with Crippen LogP contribution in [0.4, 0.5) is 0 Å². The number of ether oxygens (including phenoxy) is 1. The highest BCUT2D eigenvalue weighted by Gasteiger charge is 2.15. The summed E-state index contributed by atoms with van der Waals surface area (Å²) in [6.07, 6.45) is 0.387. The van der Waals surface area contributed by atoms with Crippen LogP contribution in [0, 0.1) is 34.5 Å². The maximum atomic E-state index is 9.65. The summed E-state index contributed by atoms with van der Waals surface area (Å²) >= 11 is 0. The molecule has 3 rings (SSSR count). The zero-order valence-corrected chi connectivity index (χ0v) is 14.7. The standard InChI is InChI=1S/C22H17N3O/c1-3-25-21(11-8-16-4-6-17(7-5-16)12-13-23)20(15-24)19-10-9-18(26-2)14-22(19)25/h4-7,9-10,14H,3,12H2,1-2H3. The molecule has 0 fully saturated rings. The molecular formula is C22H17N3O. The van der Waals surface area contributed by atoms with Crippen molar-refractivity contribution in [2.45, 2.75) is 19.9 Å². The average molecular weight is 339 g/mol. The van der Waals surface area contributed by atoms with E-state index in [4.69, 9.17) is 10.00 Å². The van der Waals surface area contributed by atoms with E-state index in [-0.39, 0.29) is 0 Å². The van der Waals surface area contributed by atoms with E-state index in [0.29, 0.717) is 24.2 Å². The maximum Gasteiger partial charge on any atom is 0.120 e. The first kappa shape index (κ1) is 17.2. The minimum absolute atomic E-state index is 0.387. The SMILES string of the molecule is CCn1c(C#Cc2ccc(CC#N)cc2)c(C#N)c2ccc(OC)cc21. The van der Waals surface area contributed by atoms with Gasteiger partial charge in [0.15, 0.2) is 0 Å². The van der Waals surface area contributed by atoms with Crippen molar-refractivity contribution in [1.82, 2.24) is 4.57 Å². The monoisotopic (exact) mass is 339 g/mol. The number of aromatic nitrogens is 1. The first-order chi connectivity index (χ1) is 12.7. The molecule has 3 aromatic rings. The van der Waals surface area contributed by atoms with Gasteiger partial charge in [0, 0.05) is 23.6 Å². The van der Waals surface area contributed by atoms with Gasteiger partial charge in [0.25, 0.3) is 0 Å². The van der Waals surface area contributed by atoms with Crippen molar-refractivity contribution in [2.24, 2.45) is 0 Å². The molecule has 2 aromatic carbocycles. The van der Waals surface area contributed by atoms with Crippen LogP contribution in [0.15, 0.2) is 42.5 Å². The number of hydrogen-bond acceptors (Lipinski definition) is 3. The van der Waals surface area contributed by atoms with Gasteiger partial charge in [0.2, 0.25) is 0 Å². The lowest BCUT2D eigenvalue weighted by Gasteiger charge is -2.04. The number of nitriles is 2. The van der Waals surface area contributed by atoms with Crippen molar-refractivity contribution in [3.05, 3.63) is 64.8 Å². The number of nitrogens with zero attached hydrogens (tertiary/aromatic N) is 3. The third-order valence-electron chi connectivity index (χ3n) is 4.26. The van der Waals surface area contributed by atoms with Crippen molar-refractivity contribution in [2.75, 3.05) is 7.11 Å². The van der Waals surface area contributed by atoms with E-state index in [9.17, 15) is 5.26 Å². The summed E-state index contributed by atoms with van der Waals surface area (Å²) in [5.41, 5.74) is 4.04. The molecule has 0 N–H and O–H groups in total. The van der Waals surface area contributed by atoms with Crippen LogP contribution >= 0.6 is 0 Å². The molecule has 0 spiro atoms. The molecule has 0 aliphatic heterocycles. The Morgan fingerprint density at radius 2 is 1.81 bits per heavy atom. The summed E-state index contributed by atoms with van der Waals surface area (Å²) in [5, 5.41) is 19.3. The van der Waals surface area contributed by atoms with E-state index < -0.39 is 0 Å². The second-order valence-electron chi connectivity index (χ2n) is 5.74. The van der Waals surface area contributed by atoms with E-state index in [1.807, 2.05) is 54.0 Å². The van der Waals surface area contributed by atoms with Gasteiger partial charge in [0.1, 0.15) is 17.5 Å². The minimum Gasteiger partial charge on any atom is -0.497 e. The van der Waals surface area contributed by atoms with Gasteiger partial charge in [-0.1, -0.05) is 18.1 Å². The predicted octanol–water partition coefficient (Wildman–Crippen LogP) is 4.01. The molecule has 126 valence electrons. The summed E-state index contributed by atoms with van der Waals surface area (Å²) in [4.78, 5) is 0.